The summed E-state index contributed by atoms with van der Waals surface area (Å²) in [6, 6.07) is 1.03. The van der Waals surface area contributed by atoms with Crippen LogP contribution in [0.15, 0.2) is 0 Å². The first-order chi connectivity index (χ1) is 10.1. The van der Waals surface area contributed by atoms with E-state index in [4.69, 9.17) is 5.73 Å². The van der Waals surface area contributed by atoms with Crippen LogP contribution in [0.3, 0.4) is 0 Å². The smallest absolute Gasteiger partial charge is 0.225 e. The number of piperazine rings is 1. The maximum absolute atomic E-state index is 12.5. The van der Waals surface area contributed by atoms with Crippen LogP contribution >= 0.6 is 0 Å². The molecule has 1 aliphatic heterocycles. The van der Waals surface area contributed by atoms with E-state index in [1.54, 1.807) is 0 Å². The van der Waals surface area contributed by atoms with Crippen molar-refractivity contribution in [3.05, 3.63) is 0 Å². The molecule has 4 nitrogen and oxygen atoms in total. The molecule has 2 N–H and O–H groups in total. The molecule has 120 valence electrons. The van der Waals surface area contributed by atoms with Crippen molar-refractivity contribution in [2.24, 2.45) is 17.6 Å². The number of amides is 1. The third-order valence-electron chi connectivity index (χ3n) is 5.95. The summed E-state index contributed by atoms with van der Waals surface area (Å²) >= 11 is 0. The summed E-state index contributed by atoms with van der Waals surface area (Å²) < 4.78 is 0. The molecule has 1 amide bonds. The monoisotopic (exact) mass is 293 g/mol. The molecule has 3 fully saturated rings. The maximum atomic E-state index is 12.5. The van der Waals surface area contributed by atoms with Gasteiger partial charge in [-0.3, -0.25) is 9.69 Å². The van der Waals surface area contributed by atoms with E-state index in [1.165, 1.54) is 25.7 Å². The molecule has 1 saturated heterocycles. The number of hydrogen-bond donors (Lipinski definition) is 1. The fourth-order valence-corrected chi connectivity index (χ4v) is 4.41. The quantitative estimate of drug-likeness (QED) is 0.845. The van der Waals surface area contributed by atoms with Gasteiger partial charge >= 0.3 is 0 Å². The second-order valence-corrected chi connectivity index (χ2v) is 7.55. The molecule has 4 heteroatoms. The molecule has 0 bridgehead atoms. The Morgan fingerprint density at radius 2 is 1.62 bits per heavy atom. The number of nitrogens with two attached hydrogens (primary N) is 1. The van der Waals surface area contributed by atoms with Crippen molar-refractivity contribution in [1.29, 1.82) is 0 Å². The highest BCUT2D eigenvalue weighted by molar-refractivity contribution is 5.79. The van der Waals surface area contributed by atoms with E-state index in [0.717, 1.165) is 57.4 Å². The van der Waals surface area contributed by atoms with E-state index in [0.29, 0.717) is 5.91 Å². The van der Waals surface area contributed by atoms with Gasteiger partial charge in [0, 0.05) is 44.2 Å². The van der Waals surface area contributed by atoms with Crippen LogP contribution < -0.4 is 5.73 Å². The fraction of sp³-hybridized carbons (Fsp3) is 0.941. The second kappa shape index (κ2) is 6.66. The summed E-state index contributed by atoms with van der Waals surface area (Å²) in [6.07, 6.45) is 8.39. The zero-order valence-electron chi connectivity index (χ0n) is 13.5. The highest BCUT2D eigenvalue weighted by atomic mass is 16.2. The van der Waals surface area contributed by atoms with E-state index < -0.39 is 0 Å². The minimum absolute atomic E-state index is 0.210. The predicted octanol–water partition coefficient (Wildman–Crippen LogP) is 1.84. The average molecular weight is 293 g/mol. The van der Waals surface area contributed by atoms with Crippen LogP contribution in [0.4, 0.5) is 0 Å². The van der Waals surface area contributed by atoms with E-state index >= 15 is 0 Å². The molecule has 3 rings (SSSR count). The second-order valence-electron chi connectivity index (χ2n) is 7.55. The molecule has 1 heterocycles. The van der Waals surface area contributed by atoms with Crippen molar-refractivity contribution in [1.82, 2.24) is 9.80 Å². The number of carbonyl (C=O) groups is 1. The van der Waals surface area contributed by atoms with Gasteiger partial charge in [0.05, 0.1) is 0 Å². The average Bonchev–Trinajstić information content (AvgIpc) is 2.94. The van der Waals surface area contributed by atoms with Gasteiger partial charge in [-0.15, -0.1) is 0 Å². The third kappa shape index (κ3) is 3.59. The van der Waals surface area contributed by atoms with Crippen LogP contribution in [-0.4, -0.2) is 54.0 Å². The van der Waals surface area contributed by atoms with Gasteiger partial charge in [0.15, 0.2) is 0 Å². The molecule has 2 atom stereocenters. The first-order valence-electron chi connectivity index (χ1n) is 8.92. The molecular weight excluding hydrogens is 262 g/mol. The van der Waals surface area contributed by atoms with Crippen molar-refractivity contribution in [3.63, 3.8) is 0 Å². The molecular formula is C17H31N3O. The topological polar surface area (TPSA) is 49.6 Å². The Balaban J connectivity index is 1.45. The number of hydrogen-bond acceptors (Lipinski definition) is 3. The molecule has 0 radical (unpaired) electrons. The van der Waals surface area contributed by atoms with Crippen LogP contribution in [0.25, 0.3) is 0 Å². The standard InChI is InChI=1S/C17H31N3O/c1-13-2-6-16(7-3-13)19-8-10-20(11-9-19)17(21)14-4-5-15(18)12-14/h13-16H,2-12,18H2,1H3. The first-order valence-corrected chi connectivity index (χ1v) is 8.92. The highest BCUT2D eigenvalue weighted by Crippen LogP contribution is 2.29. The summed E-state index contributed by atoms with van der Waals surface area (Å²) in [4.78, 5) is 17.3. The van der Waals surface area contributed by atoms with Gasteiger partial charge in [0.1, 0.15) is 0 Å². The minimum Gasteiger partial charge on any atom is -0.340 e. The summed E-state index contributed by atoms with van der Waals surface area (Å²) in [5.74, 6) is 1.50. The van der Waals surface area contributed by atoms with Gasteiger partial charge in [-0.25, -0.2) is 0 Å². The van der Waals surface area contributed by atoms with Gasteiger partial charge in [0.25, 0.3) is 0 Å². The Labute approximate surface area is 129 Å². The molecule has 3 aliphatic rings. The van der Waals surface area contributed by atoms with Crippen molar-refractivity contribution >= 4 is 5.91 Å². The SMILES string of the molecule is CC1CCC(N2CCN(C(=O)C3CCC(N)C3)CC2)CC1. The molecule has 2 unspecified atom stereocenters. The summed E-state index contributed by atoms with van der Waals surface area (Å²) in [7, 11) is 0. The number of rotatable bonds is 2. The highest BCUT2D eigenvalue weighted by Gasteiger charge is 2.33. The van der Waals surface area contributed by atoms with E-state index in [9.17, 15) is 4.79 Å². The van der Waals surface area contributed by atoms with Crippen LogP contribution in [0.1, 0.15) is 51.9 Å². The van der Waals surface area contributed by atoms with Crippen molar-refractivity contribution in [3.8, 4) is 0 Å². The minimum atomic E-state index is 0.210. The summed E-state index contributed by atoms with van der Waals surface area (Å²) in [5.41, 5.74) is 5.94. The maximum Gasteiger partial charge on any atom is 0.225 e. The van der Waals surface area contributed by atoms with Crippen LogP contribution in [-0.2, 0) is 4.79 Å². The Bertz CT molecular complexity index is 357. The van der Waals surface area contributed by atoms with E-state index in [-0.39, 0.29) is 12.0 Å². The van der Waals surface area contributed by atoms with E-state index in [2.05, 4.69) is 16.7 Å². The van der Waals surface area contributed by atoms with Crippen LogP contribution in [0.2, 0.25) is 0 Å². The molecule has 0 aromatic rings. The van der Waals surface area contributed by atoms with E-state index in [1.807, 2.05) is 0 Å². The summed E-state index contributed by atoms with van der Waals surface area (Å²) in [5, 5.41) is 0. The molecule has 2 aliphatic carbocycles. The normalized spacial score (nSPS) is 38.7. The number of carbonyl (C=O) groups excluding carboxylic acids is 1. The van der Waals surface area contributed by atoms with Gasteiger partial charge in [0.2, 0.25) is 5.91 Å². The van der Waals surface area contributed by atoms with Crippen molar-refractivity contribution in [2.45, 2.75) is 64.0 Å². The molecule has 21 heavy (non-hydrogen) atoms. The summed E-state index contributed by atoms with van der Waals surface area (Å²) in [6.45, 7) is 6.37. The largest absolute Gasteiger partial charge is 0.340 e. The molecule has 2 saturated carbocycles. The lowest BCUT2D eigenvalue weighted by atomic mass is 9.86. The van der Waals surface area contributed by atoms with Crippen LogP contribution in [0.5, 0.6) is 0 Å². The lowest BCUT2D eigenvalue weighted by molar-refractivity contribution is -0.137. The Kier molecular flexibility index (Phi) is 4.85. The van der Waals surface area contributed by atoms with Crippen LogP contribution in [0, 0.1) is 11.8 Å². The zero-order chi connectivity index (χ0) is 14.8. The van der Waals surface area contributed by atoms with Gasteiger partial charge < -0.3 is 10.6 Å². The van der Waals surface area contributed by atoms with Gasteiger partial charge in [-0.05, 0) is 50.9 Å². The molecule has 0 aromatic heterocycles. The van der Waals surface area contributed by atoms with Crippen molar-refractivity contribution in [2.75, 3.05) is 26.2 Å². The Morgan fingerprint density at radius 1 is 0.952 bits per heavy atom. The lowest BCUT2D eigenvalue weighted by Crippen LogP contribution is -2.53. The van der Waals surface area contributed by atoms with Crippen molar-refractivity contribution < 1.29 is 4.79 Å². The Morgan fingerprint density at radius 3 is 2.19 bits per heavy atom. The van der Waals surface area contributed by atoms with Gasteiger partial charge in [-0.1, -0.05) is 6.92 Å². The fourth-order valence-electron chi connectivity index (χ4n) is 4.41. The lowest BCUT2D eigenvalue weighted by Gasteiger charge is -2.42. The Hall–Kier alpha value is -0.610. The number of nitrogens with zero attached hydrogens (tertiary/aromatic N) is 2. The predicted molar refractivity (Wildman–Crippen MR) is 84.9 cm³/mol. The zero-order valence-corrected chi connectivity index (χ0v) is 13.5. The van der Waals surface area contributed by atoms with Gasteiger partial charge in [-0.2, -0.15) is 0 Å². The third-order valence-corrected chi connectivity index (χ3v) is 5.95. The molecule has 0 spiro atoms. The first kappa shape index (κ1) is 15.3. The molecule has 0 aromatic carbocycles.